The highest BCUT2D eigenvalue weighted by molar-refractivity contribution is 6.05. The van der Waals surface area contributed by atoms with Crippen molar-refractivity contribution in [2.24, 2.45) is 7.05 Å². The number of fused-ring (bicyclic) bond motifs is 3. The highest BCUT2D eigenvalue weighted by Crippen LogP contribution is 2.34. The lowest BCUT2D eigenvalue weighted by atomic mass is 10.0. The summed E-state index contributed by atoms with van der Waals surface area (Å²) in [6.07, 6.45) is 4.64. The van der Waals surface area contributed by atoms with Crippen molar-refractivity contribution >= 4 is 27.5 Å². The summed E-state index contributed by atoms with van der Waals surface area (Å²) in [6.45, 7) is 1.77. The maximum atomic E-state index is 13.5. The average Bonchev–Trinajstić information content (AvgIpc) is 3.03. The first-order chi connectivity index (χ1) is 15.3. The van der Waals surface area contributed by atoms with Crippen LogP contribution in [0.2, 0.25) is 0 Å². The number of aryl methyl sites for hydroxylation is 1. The number of imidazole rings is 1. The molecule has 0 radical (unpaired) electrons. The Morgan fingerprint density at radius 3 is 2.62 bits per heavy atom. The van der Waals surface area contributed by atoms with E-state index in [1.165, 1.54) is 21.3 Å². The standard InChI is InChI=1S/C24H22FN5O2/c1-6-7-15(14-28(2)3)17-10-18-19(11-21(17)32-5)26-13-20-23(18)30(24(31)29(20)4)22-9-8-16(25)12-27-22/h8-14H,1-5H3/b15-14+. The first kappa shape index (κ1) is 21.1. The number of allylic oxidation sites excluding steroid dienone is 1. The molecule has 0 aliphatic heterocycles. The van der Waals surface area contributed by atoms with Crippen LogP contribution >= 0.6 is 0 Å². The van der Waals surface area contributed by atoms with E-state index in [9.17, 15) is 9.18 Å². The summed E-state index contributed by atoms with van der Waals surface area (Å²) in [6, 6.07) is 6.50. The van der Waals surface area contributed by atoms with Crippen LogP contribution in [0.5, 0.6) is 5.75 Å². The van der Waals surface area contributed by atoms with E-state index in [-0.39, 0.29) is 5.69 Å². The third-order valence-electron chi connectivity index (χ3n) is 5.08. The monoisotopic (exact) mass is 431 g/mol. The van der Waals surface area contributed by atoms with Crippen molar-refractivity contribution in [3.05, 3.63) is 64.7 Å². The molecular formula is C24H22FN5O2. The number of hydrogen-bond donors (Lipinski definition) is 0. The van der Waals surface area contributed by atoms with Gasteiger partial charge in [-0.3, -0.25) is 9.55 Å². The van der Waals surface area contributed by atoms with Gasteiger partial charge < -0.3 is 9.64 Å². The molecule has 0 saturated carbocycles. The molecule has 0 bridgehead atoms. The van der Waals surface area contributed by atoms with E-state index < -0.39 is 5.82 Å². The normalized spacial score (nSPS) is 11.5. The van der Waals surface area contributed by atoms with Crippen LogP contribution in [0, 0.1) is 17.7 Å². The van der Waals surface area contributed by atoms with Gasteiger partial charge in [-0.15, -0.1) is 5.92 Å². The van der Waals surface area contributed by atoms with E-state index in [2.05, 4.69) is 21.8 Å². The Morgan fingerprint density at radius 2 is 2.00 bits per heavy atom. The predicted octanol–water partition coefficient (Wildman–Crippen LogP) is 3.35. The van der Waals surface area contributed by atoms with Crippen molar-refractivity contribution in [3.63, 3.8) is 0 Å². The molecule has 0 amide bonds. The zero-order valence-electron chi connectivity index (χ0n) is 18.5. The molecule has 32 heavy (non-hydrogen) atoms. The predicted molar refractivity (Wildman–Crippen MR) is 123 cm³/mol. The number of ether oxygens (including phenoxy) is 1. The Morgan fingerprint density at radius 1 is 1.22 bits per heavy atom. The van der Waals surface area contributed by atoms with Crippen molar-refractivity contribution < 1.29 is 9.13 Å². The Kier molecular flexibility index (Phi) is 5.41. The van der Waals surface area contributed by atoms with Gasteiger partial charge in [0, 0.05) is 44.4 Å². The van der Waals surface area contributed by atoms with Gasteiger partial charge in [-0.2, -0.15) is 0 Å². The van der Waals surface area contributed by atoms with Crippen LogP contribution in [0.1, 0.15) is 12.5 Å². The van der Waals surface area contributed by atoms with Gasteiger partial charge in [-0.1, -0.05) is 5.92 Å². The summed E-state index contributed by atoms with van der Waals surface area (Å²) in [4.78, 5) is 23.7. The molecule has 0 atom stereocenters. The molecule has 4 rings (SSSR count). The van der Waals surface area contributed by atoms with Gasteiger partial charge in [-0.05, 0) is 25.1 Å². The summed E-state index contributed by atoms with van der Waals surface area (Å²) in [5.74, 6) is 6.54. The number of nitrogens with zero attached hydrogens (tertiary/aromatic N) is 5. The summed E-state index contributed by atoms with van der Waals surface area (Å²) in [5.41, 5.74) is 3.13. The van der Waals surface area contributed by atoms with Gasteiger partial charge in [0.1, 0.15) is 17.4 Å². The zero-order chi connectivity index (χ0) is 23.0. The van der Waals surface area contributed by atoms with Gasteiger partial charge in [-0.25, -0.2) is 18.7 Å². The van der Waals surface area contributed by atoms with Crippen LogP contribution in [0.15, 0.2) is 47.7 Å². The Balaban J connectivity index is 2.15. The Labute approximate surface area is 184 Å². The first-order valence-corrected chi connectivity index (χ1v) is 9.87. The van der Waals surface area contributed by atoms with E-state index in [1.807, 2.05) is 37.3 Å². The van der Waals surface area contributed by atoms with E-state index in [0.717, 1.165) is 22.7 Å². The fraction of sp³-hybridized carbons (Fsp3) is 0.208. The van der Waals surface area contributed by atoms with Crippen LogP contribution in [-0.2, 0) is 7.05 Å². The quantitative estimate of drug-likeness (QED) is 0.464. The molecule has 7 nitrogen and oxygen atoms in total. The molecule has 0 saturated heterocycles. The van der Waals surface area contributed by atoms with Crippen LogP contribution in [0.4, 0.5) is 4.39 Å². The van der Waals surface area contributed by atoms with Crippen molar-refractivity contribution in [1.29, 1.82) is 0 Å². The minimum Gasteiger partial charge on any atom is -0.496 e. The smallest absolute Gasteiger partial charge is 0.334 e. The molecule has 0 aliphatic rings. The molecule has 3 heterocycles. The molecule has 8 heteroatoms. The molecule has 162 valence electrons. The van der Waals surface area contributed by atoms with Gasteiger partial charge in [0.25, 0.3) is 0 Å². The second kappa shape index (κ2) is 8.19. The molecule has 0 N–H and O–H groups in total. The van der Waals surface area contributed by atoms with E-state index in [1.54, 1.807) is 27.3 Å². The van der Waals surface area contributed by atoms with Crippen LogP contribution in [0.25, 0.3) is 33.3 Å². The van der Waals surface area contributed by atoms with Crippen molar-refractivity contribution in [1.82, 2.24) is 24.0 Å². The fourth-order valence-corrected chi connectivity index (χ4v) is 3.68. The van der Waals surface area contributed by atoms with Crippen molar-refractivity contribution in [3.8, 4) is 23.4 Å². The van der Waals surface area contributed by atoms with Crippen LogP contribution in [-0.4, -0.2) is 45.2 Å². The van der Waals surface area contributed by atoms with E-state index in [0.29, 0.717) is 28.1 Å². The molecule has 0 aliphatic carbocycles. The number of pyridine rings is 2. The highest BCUT2D eigenvalue weighted by atomic mass is 19.1. The summed E-state index contributed by atoms with van der Waals surface area (Å²) >= 11 is 0. The second-order valence-corrected chi connectivity index (χ2v) is 7.45. The molecule has 0 unspecified atom stereocenters. The second-order valence-electron chi connectivity index (χ2n) is 7.45. The largest absolute Gasteiger partial charge is 0.496 e. The zero-order valence-corrected chi connectivity index (χ0v) is 18.5. The number of halogens is 1. The third-order valence-corrected chi connectivity index (χ3v) is 5.08. The van der Waals surface area contributed by atoms with Gasteiger partial charge in [0.2, 0.25) is 0 Å². The molecule has 3 aromatic heterocycles. The fourth-order valence-electron chi connectivity index (χ4n) is 3.68. The summed E-state index contributed by atoms with van der Waals surface area (Å²) in [7, 11) is 7.10. The van der Waals surface area contributed by atoms with Crippen LogP contribution in [0.3, 0.4) is 0 Å². The summed E-state index contributed by atoms with van der Waals surface area (Å²) in [5, 5.41) is 0.727. The maximum Gasteiger partial charge on any atom is 0.334 e. The van der Waals surface area contributed by atoms with Crippen molar-refractivity contribution in [2.75, 3.05) is 21.2 Å². The topological polar surface area (TPSA) is 65.2 Å². The van der Waals surface area contributed by atoms with Gasteiger partial charge >= 0.3 is 5.69 Å². The van der Waals surface area contributed by atoms with Crippen molar-refractivity contribution in [2.45, 2.75) is 6.92 Å². The Hall–Kier alpha value is -4.12. The van der Waals surface area contributed by atoms with Gasteiger partial charge in [0.05, 0.1) is 41.6 Å². The molecule has 1 aromatic carbocycles. The number of aromatic nitrogens is 4. The maximum absolute atomic E-state index is 13.5. The Bertz CT molecular complexity index is 1490. The van der Waals surface area contributed by atoms with E-state index >= 15 is 0 Å². The minimum absolute atomic E-state index is 0.303. The SMILES string of the molecule is CC#C/C(=C\N(C)C)c1cc2c(cc1OC)ncc1c2n(-c2ccc(F)cn2)c(=O)n1C. The van der Waals surface area contributed by atoms with E-state index in [4.69, 9.17) is 4.74 Å². The highest BCUT2D eigenvalue weighted by Gasteiger charge is 2.19. The first-order valence-electron chi connectivity index (χ1n) is 9.87. The lowest BCUT2D eigenvalue weighted by molar-refractivity contribution is 0.414. The third kappa shape index (κ3) is 3.48. The lowest BCUT2D eigenvalue weighted by Crippen LogP contribution is -2.21. The molecule has 0 fully saturated rings. The average molecular weight is 431 g/mol. The lowest BCUT2D eigenvalue weighted by Gasteiger charge is -2.13. The molecular weight excluding hydrogens is 409 g/mol. The minimum atomic E-state index is -0.475. The number of benzene rings is 1. The number of hydrogen-bond acceptors (Lipinski definition) is 5. The molecule has 4 aromatic rings. The number of methoxy groups -OCH3 is 1. The number of rotatable bonds is 4. The summed E-state index contributed by atoms with van der Waals surface area (Å²) < 4.78 is 22.1. The van der Waals surface area contributed by atoms with Crippen LogP contribution < -0.4 is 10.4 Å². The van der Waals surface area contributed by atoms with Gasteiger partial charge in [0.15, 0.2) is 0 Å². The molecule has 0 spiro atoms.